The van der Waals surface area contributed by atoms with Gasteiger partial charge in [-0.3, -0.25) is 9.97 Å². The van der Waals surface area contributed by atoms with Crippen LogP contribution in [0, 0.1) is 0 Å². The van der Waals surface area contributed by atoms with Gasteiger partial charge in [0.15, 0.2) is 36.9 Å². The lowest BCUT2D eigenvalue weighted by Gasteiger charge is -2.38. The Morgan fingerprint density at radius 3 is 1.27 bits per heavy atom. The van der Waals surface area contributed by atoms with E-state index >= 15 is 0 Å². The molecule has 5 heteroatoms. The van der Waals surface area contributed by atoms with E-state index < -0.39 is 0 Å². The van der Waals surface area contributed by atoms with Crippen LogP contribution in [-0.2, 0) is 0 Å². The number of aromatic nitrogens is 4. The van der Waals surface area contributed by atoms with Crippen molar-refractivity contribution in [3.63, 3.8) is 0 Å². The van der Waals surface area contributed by atoms with Gasteiger partial charge < -0.3 is 0 Å². The fraction of sp³-hybridized carbons (Fsp3) is 0.286. The Bertz CT molecular complexity index is 1100. The molecule has 2 fully saturated rings. The second kappa shape index (κ2) is 9.06. The molecule has 164 valence electrons. The van der Waals surface area contributed by atoms with Crippen LogP contribution in [-0.4, -0.2) is 20.5 Å². The minimum atomic E-state index is 0.595. The predicted octanol–water partition coefficient (Wildman–Crippen LogP) is 5.23. The number of fused-ring (bicyclic) bond motifs is 2. The molecule has 4 unspecified atom stereocenters. The molecule has 0 amide bonds. The molecule has 0 N–H and O–H groups in total. The molecule has 6 heterocycles. The average Bonchev–Trinajstić information content (AvgIpc) is 2.90. The quantitative estimate of drug-likeness (QED) is 0.398. The molecule has 0 saturated carbocycles. The Hall–Kier alpha value is -3.05. The second-order valence-electron chi connectivity index (χ2n) is 9.04. The van der Waals surface area contributed by atoms with Gasteiger partial charge in [0.2, 0.25) is 0 Å². The van der Waals surface area contributed by atoms with Gasteiger partial charge in [0, 0.05) is 61.9 Å². The largest absolute Gasteiger partial charge is 0.265 e. The van der Waals surface area contributed by atoms with Crippen LogP contribution < -0.4 is 9.13 Å². The van der Waals surface area contributed by atoms with Crippen molar-refractivity contribution in [1.82, 2.24) is 9.97 Å². The normalized spacial score (nSPS) is 24.4. The van der Waals surface area contributed by atoms with Gasteiger partial charge in [0.1, 0.15) is 0 Å². The Kier molecular flexibility index (Phi) is 5.64. The summed E-state index contributed by atoms with van der Waals surface area (Å²) in [4.78, 5) is 8.26. The number of pyridine rings is 4. The number of thioether (sulfide) groups is 1. The second-order valence-corrected chi connectivity index (χ2v) is 10.5. The zero-order valence-electron chi connectivity index (χ0n) is 18.6. The van der Waals surface area contributed by atoms with Crippen LogP contribution in [0.25, 0.3) is 22.3 Å². The Morgan fingerprint density at radius 1 is 0.515 bits per heavy atom. The minimum Gasteiger partial charge on any atom is -0.265 e. The van der Waals surface area contributed by atoms with Crippen molar-refractivity contribution < 1.29 is 9.13 Å². The highest BCUT2D eigenvalue weighted by atomic mass is 32.2. The summed E-state index contributed by atoms with van der Waals surface area (Å²) in [5.74, 6) is 0. The van der Waals surface area contributed by atoms with Crippen molar-refractivity contribution in [2.75, 3.05) is 0 Å². The lowest BCUT2D eigenvalue weighted by Crippen LogP contribution is -2.54. The molecular formula is C28H28N4S+2. The van der Waals surface area contributed by atoms with Crippen LogP contribution in [0.4, 0.5) is 0 Å². The maximum atomic E-state index is 4.13. The molecule has 2 aliphatic heterocycles. The Balaban J connectivity index is 1.14. The van der Waals surface area contributed by atoms with Crippen LogP contribution in [0.1, 0.15) is 37.8 Å². The van der Waals surface area contributed by atoms with Gasteiger partial charge >= 0.3 is 0 Å². The number of hydrogen-bond acceptors (Lipinski definition) is 3. The average molecular weight is 453 g/mol. The number of nitrogens with zero attached hydrogens (tertiary/aromatic N) is 4. The van der Waals surface area contributed by atoms with Crippen LogP contribution >= 0.6 is 11.8 Å². The molecule has 0 radical (unpaired) electrons. The third-order valence-corrected chi connectivity index (χ3v) is 9.00. The molecule has 4 nitrogen and oxygen atoms in total. The zero-order valence-corrected chi connectivity index (χ0v) is 19.4. The fourth-order valence-electron chi connectivity index (χ4n) is 5.44. The molecule has 4 atom stereocenters. The molecule has 0 aromatic carbocycles. The molecule has 0 spiro atoms. The molecule has 2 saturated heterocycles. The van der Waals surface area contributed by atoms with E-state index in [1.807, 2.05) is 24.8 Å². The SMILES string of the molecule is c1cc(-c2cc[n+](C3CCC4SC3CCC4[n+]3ccc(-c4ccncc4)cc3)cc2)ccn1. The fourth-order valence-corrected chi connectivity index (χ4v) is 7.35. The maximum absolute atomic E-state index is 4.13. The summed E-state index contributed by atoms with van der Waals surface area (Å²) in [5.41, 5.74) is 4.96. The van der Waals surface area contributed by atoms with Crippen LogP contribution in [0.2, 0.25) is 0 Å². The standard InChI is InChI=1S/C28H28N4S/c1-3-27-26(32-19-11-24(12-20-32)22-7-15-30-16-8-22)2-4-28(33-27)25(1)31-17-9-23(10-18-31)21-5-13-29-14-6-21/h5-20,25-28H,1-4H2/q+2. The zero-order chi connectivity index (χ0) is 22.0. The highest BCUT2D eigenvalue weighted by molar-refractivity contribution is 8.00. The van der Waals surface area contributed by atoms with Crippen LogP contribution in [0.15, 0.2) is 98.1 Å². The van der Waals surface area contributed by atoms with E-state index in [-0.39, 0.29) is 0 Å². The van der Waals surface area contributed by atoms with Crippen molar-refractivity contribution >= 4 is 11.8 Å². The Labute approximate surface area is 199 Å². The van der Waals surface area contributed by atoms with Crippen LogP contribution in [0.3, 0.4) is 0 Å². The molecule has 2 aliphatic rings. The summed E-state index contributed by atoms with van der Waals surface area (Å²) in [6.45, 7) is 0. The van der Waals surface area contributed by atoms with Gasteiger partial charge in [0.25, 0.3) is 0 Å². The van der Waals surface area contributed by atoms with Crippen molar-refractivity contribution in [1.29, 1.82) is 0 Å². The van der Waals surface area contributed by atoms with E-state index in [2.05, 4.69) is 104 Å². The lowest BCUT2D eigenvalue weighted by molar-refractivity contribution is -0.733. The van der Waals surface area contributed by atoms with Crippen molar-refractivity contribution in [2.45, 2.75) is 48.3 Å². The van der Waals surface area contributed by atoms with Gasteiger partial charge in [-0.2, -0.15) is 0 Å². The summed E-state index contributed by atoms with van der Waals surface area (Å²) in [7, 11) is 0. The summed E-state index contributed by atoms with van der Waals surface area (Å²) < 4.78 is 4.91. The summed E-state index contributed by atoms with van der Waals surface area (Å²) in [5, 5.41) is 1.40. The smallest absolute Gasteiger partial charge is 0.170 e. The molecule has 4 aromatic rings. The molecule has 6 rings (SSSR count). The van der Waals surface area contributed by atoms with Gasteiger partial charge in [-0.1, -0.05) is 0 Å². The first-order chi connectivity index (χ1) is 16.3. The van der Waals surface area contributed by atoms with Crippen LogP contribution in [0.5, 0.6) is 0 Å². The molecule has 4 aromatic heterocycles. The van der Waals surface area contributed by atoms with Crippen molar-refractivity contribution in [3.8, 4) is 22.3 Å². The maximum Gasteiger partial charge on any atom is 0.170 e. The van der Waals surface area contributed by atoms with Gasteiger partial charge in [-0.05, 0) is 59.4 Å². The van der Waals surface area contributed by atoms with E-state index in [0.29, 0.717) is 22.6 Å². The van der Waals surface area contributed by atoms with Gasteiger partial charge in [0.05, 0.1) is 10.5 Å². The van der Waals surface area contributed by atoms with Crippen molar-refractivity contribution in [3.05, 3.63) is 98.1 Å². The van der Waals surface area contributed by atoms with Gasteiger partial charge in [-0.15, -0.1) is 11.8 Å². The molecular weight excluding hydrogens is 424 g/mol. The monoisotopic (exact) mass is 452 g/mol. The number of rotatable bonds is 4. The molecule has 0 aliphatic carbocycles. The number of hydrogen-bond donors (Lipinski definition) is 0. The third kappa shape index (κ3) is 4.18. The summed E-state index contributed by atoms with van der Waals surface area (Å²) in [6, 6.07) is 18.5. The highest BCUT2D eigenvalue weighted by Gasteiger charge is 2.46. The van der Waals surface area contributed by atoms with E-state index in [1.54, 1.807) is 0 Å². The topological polar surface area (TPSA) is 33.5 Å². The highest BCUT2D eigenvalue weighted by Crippen LogP contribution is 2.47. The van der Waals surface area contributed by atoms with E-state index in [4.69, 9.17) is 0 Å². The third-order valence-electron chi connectivity index (χ3n) is 7.20. The molecule has 33 heavy (non-hydrogen) atoms. The Morgan fingerprint density at radius 2 is 0.879 bits per heavy atom. The van der Waals surface area contributed by atoms with Crippen molar-refractivity contribution in [2.24, 2.45) is 0 Å². The first kappa shape index (κ1) is 20.5. The van der Waals surface area contributed by atoms with E-state index in [1.165, 1.54) is 47.9 Å². The first-order valence-electron chi connectivity index (χ1n) is 11.8. The van der Waals surface area contributed by atoms with E-state index in [0.717, 1.165) is 0 Å². The lowest BCUT2D eigenvalue weighted by atomic mass is 9.90. The van der Waals surface area contributed by atoms with Gasteiger partial charge in [-0.25, -0.2) is 9.13 Å². The first-order valence-corrected chi connectivity index (χ1v) is 12.8. The molecule has 2 bridgehead atoms. The summed E-state index contributed by atoms with van der Waals surface area (Å²) >= 11 is 2.22. The van der Waals surface area contributed by atoms with E-state index in [9.17, 15) is 0 Å². The minimum absolute atomic E-state index is 0.595. The predicted molar refractivity (Wildman–Crippen MR) is 131 cm³/mol. The summed E-state index contributed by atoms with van der Waals surface area (Å²) in [6.07, 6.45) is 21.6.